The van der Waals surface area contributed by atoms with E-state index in [2.05, 4.69) is 69.8 Å². The van der Waals surface area contributed by atoms with Crippen molar-refractivity contribution in [3.63, 3.8) is 0 Å². The maximum atomic E-state index is 4.01. The Bertz CT molecular complexity index is 562. The van der Waals surface area contributed by atoms with Crippen LogP contribution in [0, 0.1) is 13.8 Å². The van der Waals surface area contributed by atoms with E-state index >= 15 is 0 Å². The molecule has 0 amide bonds. The van der Waals surface area contributed by atoms with Crippen LogP contribution >= 0.6 is 0 Å². The molecule has 0 spiro atoms. The molecular formula is C17H18. The van der Waals surface area contributed by atoms with Gasteiger partial charge < -0.3 is 0 Å². The SMILES string of the molecule is C=C(C)c1ccc(-c2ccccc2C)cc1C. The monoisotopic (exact) mass is 222 g/mol. The molecule has 17 heavy (non-hydrogen) atoms. The summed E-state index contributed by atoms with van der Waals surface area (Å²) in [4.78, 5) is 0. The van der Waals surface area contributed by atoms with Crippen molar-refractivity contribution < 1.29 is 0 Å². The van der Waals surface area contributed by atoms with Gasteiger partial charge in [0.25, 0.3) is 0 Å². The molecule has 0 unspecified atom stereocenters. The first-order chi connectivity index (χ1) is 8.09. The van der Waals surface area contributed by atoms with Gasteiger partial charge in [-0.3, -0.25) is 0 Å². The molecule has 0 saturated heterocycles. The first kappa shape index (κ1) is 11.7. The second-order valence-corrected chi connectivity index (χ2v) is 4.62. The van der Waals surface area contributed by atoms with E-state index in [-0.39, 0.29) is 0 Å². The van der Waals surface area contributed by atoms with Gasteiger partial charge in [-0.25, -0.2) is 0 Å². The van der Waals surface area contributed by atoms with E-state index in [4.69, 9.17) is 0 Å². The summed E-state index contributed by atoms with van der Waals surface area (Å²) in [5.41, 5.74) is 7.57. The Hall–Kier alpha value is -1.82. The second-order valence-electron chi connectivity index (χ2n) is 4.62. The van der Waals surface area contributed by atoms with Crippen LogP contribution in [0.4, 0.5) is 0 Å². The van der Waals surface area contributed by atoms with Crippen LogP contribution in [-0.2, 0) is 0 Å². The molecule has 0 heterocycles. The second kappa shape index (κ2) is 4.58. The van der Waals surface area contributed by atoms with Gasteiger partial charge >= 0.3 is 0 Å². The van der Waals surface area contributed by atoms with E-state index in [9.17, 15) is 0 Å². The van der Waals surface area contributed by atoms with Crippen molar-refractivity contribution in [3.05, 3.63) is 65.7 Å². The molecule has 0 aliphatic carbocycles. The number of benzene rings is 2. The smallest absolute Gasteiger partial charge is 0.0155 e. The van der Waals surface area contributed by atoms with Gasteiger partial charge in [-0.15, -0.1) is 0 Å². The van der Waals surface area contributed by atoms with Crippen LogP contribution in [0.3, 0.4) is 0 Å². The van der Waals surface area contributed by atoms with Crippen molar-refractivity contribution in [2.45, 2.75) is 20.8 Å². The van der Waals surface area contributed by atoms with Gasteiger partial charge in [-0.05, 0) is 48.6 Å². The Morgan fingerprint density at radius 2 is 1.65 bits per heavy atom. The molecular weight excluding hydrogens is 204 g/mol. The molecule has 0 radical (unpaired) electrons. The Balaban J connectivity index is 2.52. The number of hydrogen-bond acceptors (Lipinski definition) is 0. The molecule has 0 aromatic heterocycles. The van der Waals surface area contributed by atoms with E-state index < -0.39 is 0 Å². The molecule has 0 N–H and O–H groups in total. The van der Waals surface area contributed by atoms with Gasteiger partial charge in [0.05, 0.1) is 0 Å². The topological polar surface area (TPSA) is 0 Å². The summed E-state index contributed by atoms with van der Waals surface area (Å²) >= 11 is 0. The molecule has 0 atom stereocenters. The number of allylic oxidation sites excluding steroid dienone is 1. The Morgan fingerprint density at radius 1 is 0.941 bits per heavy atom. The molecule has 0 heteroatoms. The zero-order chi connectivity index (χ0) is 12.4. The lowest BCUT2D eigenvalue weighted by Gasteiger charge is -2.10. The van der Waals surface area contributed by atoms with Gasteiger partial charge in [0, 0.05) is 0 Å². The van der Waals surface area contributed by atoms with Gasteiger partial charge in [0.2, 0.25) is 0 Å². The van der Waals surface area contributed by atoms with Crippen molar-refractivity contribution in [3.8, 4) is 11.1 Å². The summed E-state index contributed by atoms with van der Waals surface area (Å²) in [7, 11) is 0. The van der Waals surface area contributed by atoms with E-state index in [1.165, 1.54) is 27.8 Å². The lowest BCUT2D eigenvalue weighted by molar-refractivity contribution is 1.39. The van der Waals surface area contributed by atoms with E-state index in [0.29, 0.717) is 0 Å². The highest BCUT2D eigenvalue weighted by Gasteiger charge is 2.04. The average molecular weight is 222 g/mol. The molecule has 0 aliphatic heterocycles. The van der Waals surface area contributed by atoms with Crippen LogP contribution in [0.5, 0.6) is 0 Å². The normalized spacial score (nSPS) is 10.3. The van der Waals surface area contributed by atoms with Crippen molar-refractivity contribution in [2.75, 3.05) is 0 Å². The Labute approximate surface area is 104 Å². The molecule has 2 aromatic rings. The summed E-state index contributed by atoms with van der Waals surface area (Å²) in [6, 6.07) is 15.1. The zero-order valence-electron chi connectivity index (χ0n) is 10.7. The third-order valence-electron chi connectivity index (χ3n) is 3.14. The summed E-state index contributed by atoms with van der Waals surface area (Å²) in [5.74, 6) is 0. The summed E-state index contributed by atoms with van der Waals surface area (Å²) in [6.45, 7) is 10.4. The van der Waals surface area contributed by atoms with Crippen LogP contribution in [-0.4, -0.2) is 0 Å². The Morgan fingerprint density at radius 3 is 2.24 bits per heavy atom. The van der Waals surface area contributed by atoms with Crippen molar-refractivity contribution in [1.82, 2.24) is 0 Å². The fourth-order valence-corrected chi connectivity index (χ4v) is 2.21. The van der Waals surface area contributed by atoms with Gasteiger partial charge in [-0.2, -0.15) is 0 Å². The summed E-state index contributed by atoms with van der Waals surface area (Å²) in [5, 5.41) is 0. The Kier molecular flexibility index (Phi) is 3.14. The van der Waals surface area contributed by atoms with Crippen molar-refractivity contribution in [2.24, 2.45) is 0 Å². The predicted octanol–water partition coefficient (Wildman–Crippen LogP) is 5.00. The fourth-order valence-electron chi connectivity index (χ4n) is 2.21. The van der Waals surface area contributed by atoms with Gasteiger partial charge in [0.1, 0.15) is 0 Å². The fraction of sp³-hybridized carbons (Fsp3) is 0.176. The summed E-state index contributed by atoms with van der Waals surface area (Å²) < 4.78 is 0. The van der Waals surface area contributed by atoms with Crippen molar-refractivity contribution in [1.29, 1.82) is 0 Å². The van der Waals surface area contributed by atoms with E-state index in [1.807, 2.05) is 0 Å². The standard InChI is InChI=1S/C17H18/c1-12(2)16-10-9-15(11-14(16)4)17-8-6-5-7-13(17)3/h5-11H,1H2,2-4H3. The molecule has 0 fully saturated rings. The van der Waals surface area contributed by atoms with E-state index in [0.717, 1.165) is 5.57 Å². The van der Waals surface area contributed by atoms with Crippen LogP contribution in [0.25, 0.3) is 16.7 Å². The number of rotatable bonds is 2. The minimum atomic E-state index is 1.12. The zero-order valence-corrected chi connectivity index (χ0v) is 10.7. The quantitative estimate of drug-likeness (QED) is 0.670. The van der Waals surface area contributed by atoms with Gasteiger partial charge in [-0.1, -0.05) is 54.6 Å². The summed E-state index contributed by atoms with van der Waals surface area (Å²) in [6.07, 6.45) is 0. The van der Waals surface area contributed by atoms with Crippen LogP contribution in [0.15, 0.2) is 49.0 Å². The lowest BCUT2D eigenvalue weighted by Crippen LogP contribution is -1.88. The third-order valence-corrected chi connectivity index (χ3v) is 3.14. The number of aryl methyl sites for hydroxylation is 2. The van der Waals surface area contributed by atoms with Crippen LogP contribution in [0.1, 0.15) is 23.6 Å². The molecule has 0 saturated carbocycles. The predicted molar refractivity (Wildman–Crippen MR) is 76.1 cm³/mol. The maximum Gasteiger partial charge on any atom is -0.0155 e. The average Bonchev–Trinajstić information content (AvgIpc) is 2.29. The highest BCUT2D eigenvalue weighted by molar-refractivity contribution is 5.72. The minimum absolute atomic E-state index is 1.12. The number of hydrogen-bond donors (Lipinski definition) is 0. The highest BCUT2D eigenvalue weighted by Crippen LogP contribution is 2.27. The molecule has 0 bridgehead atoms. The maximum absolute atomic E-state index is 4.01. The van der Waals surface area contributed by atoms with Crippen molar-refractivity contribution >= 4 is 5.57 Å². The first-order valence-electron chi connectivity index (χ1n) is 5.92. The largest absolute Gasteiger partial charge is 0.0955 e. The lowest BCUT2D eigenvalue weighted by atomic mass is 9.95. The molecule has 2 aromatic carbocycles. The van der Waals surface area contributed by atoms with Crippen LogP contribution < -0.4 is 0 Å². The van der Waals surface area contributed by atoms with Gasteiger partial charge in [0.15, 0.2) is 0 Å². The molecule has 0 nitrogen and oxygen atoms in total. The first-order valence-corrected chi connectivity index (χ1v) is 5.92. The molecule has 0 aliphatic rings. The van der Waals surface area contributed by atoms with Crippen LogP contribution in [0.2, 0.25) is 0 Å². The third kappa shape index (κ3) is 2.31. The van der Waals surface area contributed by atoms with E-state index in [1.54, 1.807) is 0 Å². The molecule has 86 valence electrons. The highest BCUT2D eigenvalue weighted by atomic mass is 14.1. The molecule has 2 rings (SSSR count). The minimum Gasteiger partial charge on any atom is -0.0955 e.